The SMILES string of the molecule is CC1(C)c2ccccc2N(c2ccc3c(c2)Oc2cc(N4c5ccccc5C(C)(C)c5ccccc54)ccc2S3)c2ccccc21. The van der Waals surface area contributed by atoms with Gasteiger partial charge in [0.15, 0.2) is 0 Å². The first-order valence-corrected chi connectivity index (χ1v) is 16.8. The number of hydrogen-bond acceptors (Lipinski definition) is 4. The van der Waals surface area contributed by atoms with Gasteiger partial charge in [-0.2, -0.15) is 0 Å². The molecule has 0 spiro atoms. The van der Waals surface area contributed by atoms with Crippen LogP contribution in [-0.4, -0.2) is 0 Å². The molecule has 0 unspecified atom stereocenters. The fraction of sp³-hybridized carbons (Fsp3) is 0.143. The van der Waals surface area contributed by atoms with Gasteiger partial charge in [-0.25, -0.2) is 0 Å². The van der Waals surface area contributed by atoms with Gasteiger partial charge in [-0.05, 0) is 70.8 Å². The third kappa shape index (κ3) is 3.86. The maximum Gasteiger partial charge on any atom is 0.143 e. The summed E-state index contributed by atoms with van der Waals surface area (Å²) in [5.74, 6) is 1.76. The summed E-state index contributed by atoms with van der Waals surface area (Å²) in [4.78, 5) is 7.02. The number of ether oxygens (including phenoxy) is 1. The third-order valence-electron chi connectivity index (χ3n) is 10.1. The standard InChI is InChI=1S/C42H34N2OS/c1-41(2)29-13-5-9-17-33(29)43(34-18-10-6-14-30(34)41)27-21-23-39-37(25-27)45-38-26-28(22-24-40(38)46-39)44-35-19-11-7-15-31(35)42(3,4)32-16-8-12-20-36(32)44/h5-26H,1-4H3. The minimum absolute atomic E-state index is 0.0967. The van der Waals surface area contributed by atoms with Crippen LogP contribution >= 0.6 is 11.8 Å². The second kappa shape index (κ2) is 9.78. The van der Waals surface area contributed by atoms with Crippen LogP contribution in [0.3, 0.4) is 0 Å². The fourth-order valence-corrected chi connectivity index (χ4v) is 8.64. The molecule has 0 saturated heterocycles. The Labute approximate surface area is 275 Å². The number of para-hydroxylation sites is 4. The van der Waals surface area contributed by atoms with Crippen molar-refractivity contribution in [1.29, 1.82) is 0 Å². The van der Waals surface area contributed by atoms with Crippen LogP contribution in [-0.2, 0) is 10.8 Å². The molecule has 3 nitrogen and oxygen atoms in total. The maximum atomic E-state index is 6.80. The quantitative estimate of drug-likeness (QED) is 0.192. The topological polar surface area (TPSA) is 15.7 Å². The lowest BCUT2D eigenvalue weighted by atomic mass is 9.73. The minimum atomic E-state index is -0.0967. The number of nitrogens with zero attached hydrogens (tertiary/aromatic N) is 2. The van der Waals surface area contributed by atoms with Crippen LogP contribution in [0.1, 0.15) is 49.9 Å². The smallest absolute Gasteiger partial charge is 0.143 e. The molecule has 3 heterocycles. The highest BCUT2D eigenvalue weighted by atomic mass is 32.2. The second-order valence-corrected chi connectivity index (χ2v) is 14.5. The summed E-state index contributed by atoms with van der Waals surface area (Å²) in [6.45, 7) is 9.29. The zero-order chi connectivity index (χ0) is 31.2. The first-order valence-electron chi connectivity index (χ1n) is 15.9. The highest BCUT2D eigenvalue weighted by Crippen LogP contribution is 2.56. The van der Waals surface area contributed by atoms with Crippen molar-refractivity contribution in [3.05, 3.63) is 156 Å². The van der Waals surface area contributed by atoms with E-state index >= 15 is 0 Å². The van der Waals surface area contributed by atoms with Crippen molar-refractivity contribution in [2.45, 2.75) is 48.3 Å². The molecule has 0 N–H and O–H groups in total. The molecular formula is C42H34N2OS. The largest absolute Gasteiger partial charge is 0.455 e. The number of hydrogen-bond donors (Lipinski definition) is 0. The van der Waals surface area contributed by atoms with Gasteiger partial charge in [0.05, 0.1) is 32.5 Å². The Kier molecular flexibility index (Phi) is 5.82. The van der Waals surface area contributed by atoms with Gasteiger partial charge < -0.3 is 14.5 Å². The first kappa shape index (κ1) is 27.4. The summed E-state index contributed by atoms with van der Waals surface area (Å²) in [6, 6.07) is 48.4. The van der Waals surface area contributed by atoms with Crippen LogP contribution in [0.15, 0.2) is 143 Å². The van der Waals surface area contributed by atoms with Crippen LogP contribution in [0, 0.1) is 0 Å². The van der Waals surface area contributed by atoms with E-state index in [0.29, 0.717) is 0 Å². The average molecular weight is 615 g/mol. The summed E-state index contributed by atoms with van der Waals surface area (Å²) in [6.07, 6.45) is 0. The molecule has 0 fully saturated rings. The van der Waals surface area contributed by atoms with Crippen molar-refractivity contribution in [2.75, 3.05) is 9.80 Å². The molecule has 0 aromatic heterocycles. The Bertz CT molecular complexity index is 1950. The van der Waals surface area contributed by atoms with E-state index in [1.54, 1.807) is 11.8 Å². The molecule has 3 aliphatic rings. The van der Waals surface area contributed by atoms with E-state index in [1.807, 2.05) is 0 Å². The summed E-state index contributed by atoms with van der Waals surface area (Å²) >= 11 is 1.77. The molecule has 0 radical (unpaired) electrons. The molecule has 224 valence electrons. The van der Waals surface area contributed by atoms with Gasteiger partial charge in [0, 0.05) is 34.3 Å². The molecule has 0 saturated carbocycles. The van der Waals surface area contributed by atoms with Crippen molar-refractivity contribution in [3.8, 4) is 11.5 Å². The Hall–Kier alpha value is -4.93. The van der Waals surface area contributed by atoms with E-state index in [2.05, 4.69) is 171 Å². The van der Waals surface area contributed by atoms with Crippen LogP contribution in [0.5, 0.6) is 11.5 Å². The van der Waals surface area contributed by atoms with Crippen molar-refractivity contribution in [1.82, 2.24) is 0 Å². The lowest BCUT2D eigenvalue weighted by molar-refractivity contribution is 0.455. The normalized spacial score (nSPS) is 16.2. The van der Waals surface area contributed by atoms with Crippen molar-refractivity contribution in [2.24, 2.45) is 0 Å². The summed E-state index contributed by atoms with van der Waals surface area (Å²) in [5.41, 5.74) is 12.1. The summed E-state index contributed by atoms with van der Waals surface area (Å²) in [7, 11) is 0. The van der Waals surface area contributed by atoms with E-state index in [0.717, 1.165) is 32.7 Å². The Morgan fingerprint density at radius 3 is 1.11 bits per heavy atom. The molecule has 6 aromatic carbocycles. The van der Waals surface area contributed by atoms with E-state index in [-0.39, 0.29) is 10.8 Å². The Balaban J connectivity index is 1.13. The minimum Gasteiger partial charge on any atom is -0.455 e. The molecular weight excluding hydrogens is 581 g/mol. The van der Waals surface area contributed by atoms with Crippen LogP contribution < -0.4 is 14.5 Å². The van der Waals surface area contributed by atoms with Crippen molar-refractivity contribution < 1.29 is 4.74 Å². The molecule has 0 bridgehead atoms. The Morgan fingerprint density at radius 1 is 0.435 bits per heavy atom. The molecule has 6 aromatic rings. The van der Waals surface area contributed by atoms with Crippen molar-refractivity contribution >= 4 is 45.9 Å². The number of benzene rings is 6. The molecule has 4 heteroatoms. The van der Waals surface area contributed by atoms with Crippen LogP contribution in [0.4, 0.5) is 34.1 Å². The molecule has 46 heavy (non-hydrogen) atoms. The molecule has 9 rings (SSSR count). The zero-order valence-corrected chi connectivity index (χ0v) is 27.2. The first-order chi connectivity index (χ1) is 22.3. The Morgan fingerprint density at radius 2 is 0.761 bits per heavy atom. The van der Waals surface area contributed by atoms with Gasteiger partial charge in [-0.3, -0.25) is 0 Å². The molecule has 0 amide bonds. The number of fused-ring (bicyclic) bond motifs is 6. The van der Waals surface area contributed by atoms with E-state index in [9.17, 15) is 0 Å². The van der Waals surface area contributed by atoms with Crippen LogP contribution in [0.25, 0.3) is 0 Å². The highest BCUT2D eigenvalue weighted by molar-refractivity contribution is 7.99. The molecule has 0 aliphatic carbocycles. The van der Waals surface area contributed by atoms with E-state index in [4.69, 9.17) is 4.74 Å². The van der Waals surface area contributed by atoms with Crippen LogP contribution in [0.2, 0.25) is 0 Å². The highest BCUT2D eigenvalue weighted by Gasteiger charge is 2.38. The number of anilines is 6. The maximum absolute atomic E-state index is 6.80. The van der Waals surface area contributed by atoms with Gasteiger partial charge in [0.2, 0.25) is 0 Å². The van der Waals surface area contributed by atoms with Gasteiger partial charge in [-0.1, -0.05) is 112 Å². The average Bonchev–Trinajstić information content (AvgIpc) is 3.08. The van der Waals surface area contributed by atoms with E-state index in [1.165, 1.54) is 45.0 Å². The third-order valence-corrected chi connectivity index (χ3v) is 11.2. The summed E-state index contributed by atoms with van der Waals surface area (Å²) in [5, 5.41) is 0. The van der Waals surface area contributed by atoms with Gasteiger partial charge in [-0.15, -0.1) is 0 Å². The molecule has 3 aliphatic heterocycles. The number of rotatable bonds is 2. The predicted molar refractivity (Wildman–Crippen MR) is 191 cm³/mol. The monoisotopic (exact) mass is 614 g/mol. The predicted octanol–water partition coefficient (Wildman–Crippen LogP) is 12.2. The zero-order valence-electron chi connectivity index (χ0n) is 26.4. The van der Waals surface area contributed by atoms with Gasteiger partial charge in [0.25, 0.3) is 0 Å². The van der Waals surface area contributed by atoms with E-state index < -0.39 is 0 Å². The summed E-state index contributed by atoms with van der Waals surface area (Å²) < 4.78 is 6.80. The fourth-order valence-electron chi connectivity index (χ4n) is 7.73. The lowest BCUT2D eigenvalue weighted by Crippen LogP contribution is -2.30. The molecule has 0 atom stereocenters. The van der Waals surface area contributed by atoms with Crippen molar-refractivity contribution in [3.63, 3.8) is 0 Å². The lowest BCUT2D eigenvalue weighted by Gasteiger charge is -2.42. The second-order valence-electron chi connectivity index (χ2n) is 13.5. The van der Waals surface area contributed by atoms with Gasteiger partial charge in [0.1, 0.15) is 11.5 Å². The van der Waals surface area contributed by atoms with Gasteiger partial charge >= 0.3 is 0 Å².